The highest BCUT2D eigenvalue weighted by atomic mass is 16.5. The second-order valence-electron chi connectivity index (χ2n) is 9.53. The average Bonchev–Trinajstić information content (AvgIpc) is 3.58. The Bertz CT molecular complexity index is 2510. The van der Waals surface area contributed by atoms with Crippen LogP contribution < -0.4 is 4.74 Å². The van der Waals surface area contributed by atoms with Crippen LogP contribution in [0.2, 0.25) is 0 Å². The van der Waals surface area contributed by atoms with Crippen LogP contribution in [-0.4, -0.2) is 6.10 Å². The van der Waals surface area contributed by atoms with Gasteiger partial charge in [-0.1, -0.05) is 121 Å². The molecule has 0 bridgehead atoms. The van der Waals surface area contributed by atoms with Crippen molar-refractivity contribution in [2.75, 3.05) is 0 Å². The van der Waals surface area contributed by atoms with Crippen molar-refractivity contribution in [2.45, 2.75) is 37.6 Å². The van der Waals surface area contributed by atoms with E-state index in [1.54, 1.807) is 24.3 Å². The molecule has 6 atom stereocenters. The quantitative estimate of drug-likeness (QED) is 0.212. The van der Waals surface area contributed by atoms with Crippen LogP contribution in [0.4, 0.5) is 0 Å². The Hall–Kier alpha value is -4.36. The van der Waals surface area contributed by atoms with Gasteiger partial charge in [0.25, 0.3) is 0 Å². The third-order valence-corrected chi connectivity index (χ3v) is 7.46. The number of ether oxygens (including phenoxy) is 1. The fraction of sp³-hybridized carbons (Fsp3) is 0.158. The molecule has 39 heavy (non-hydrogen) atoms. The lowest BCUT2D eigenvalue weighted by molar-refractivity contribution is 0.164. The van der Waals surface area contributed by atoms with Crippen LogP contribution in [0.1, 0.15) is 57.6 Å². The van der Waals surface area contributed by atoms with Gasteiger partial charge in [-0.15, -0.1) is 0 Å². The maximum absolute atomic E-state index is 9.38. The van der Waals surface area contributed by atoms with E-state index in [1.807, 2.05) is 30.3 Å². The van der Waals surface area contributed by atoms with Gasteiger partial charge in [-0.05, 0) is 80.2 Å². The fourth-order valence-corrected chi connectivity index (χ4v) is 5.82. The van der Waals surface area contributed by atoms with Gasteiger partial charge in [-0.25, -0.2) is 0 Å². The molecule has 1 saturated carbocycles. The molecule has 0 saturated heterocycles. The summed E-state index contributed by atoms with van der Waals surface area (Å²) in [6.45, 7) is 0. The molecule has 6 unspecified atom stereocenters. The summed E-state index contributed by atoms with van der Waals surface area (Å²) >= 11 is 0. The molecule has 0 aromatic heterocycles. The first kappa shape index (κ1) is 12.2. The molecule has 2 aliphatic rings. The van der Waals surface area contributed by atoms with Gasteiger partial charge in [0, 0.05) is 17.0 Å². The maximum Gasteiger partial charge on any atom is 0.123 e. The van der Waals surface area contributed by atoms with Gasteiger partial charge < -0.3 is 4.74 Å². The number of hydrogen-bond donors (Lipinski definition) is 0. The Balaban J connectivity index is 1.68. The second-order valence-corrected chi connectivity index (χ2v) is 9.53. The average molecular weight is 518 g/mol. The molecule has 0 spiro atoms. The van der Waals surface area contributed by atoms with Crippen molar-refractivity contribution in [1.82, 2.24) is 0 Å². The molecular weight excluding hydrogens is 472 g/mol. The van der Waals surface area contributed by atoms with Crippen LogP contribution in [0.3, 0.4) is 0 Å². The SMILES string of the molecule is [2H]c1c([2H])c2c(c(-c3c4c([2H])c([2H])c([2H])c([2H])c4c(-c4ccccc4-c4ccccc4)c4c([2H])c([2H])c([2H])c([2H])c34)c1[2H])C1C([2H])C([2H])C([2H])C([2H])C1O2. The van der Waals surface area contributed by atoms with E-state index in [2.05, 4.69) is 0 Å². The van der Waals surface area contributed by atoms with E-state index in [1.165, 1.54) is 0 Å². The van der Waals surface area contributed by atoms with Crippen LogP contribution in [0.15, 0.2) is 121 Å². The van der Waals surface area contributed by atoms with Gasteiger partial charge in [-0.3, -0.25) is 0 Å². The normalized spacial score (nSPS) is 31.0. The van der Waals surface area contributed by atoms with Gasteiger partial charge in [0.1, 0.15) is 11.9 Å². The summed E-state index contributed by atoms with van der Waals surface area (Å²) in [4.78, 5) is 0. The van der Waals surface area contributed by atoms with Crippen molar-refractivity contribution in [1.29, 1.82) is 0 Å². The van der Waals surface area contributed by atoms with Crippen molar-refractivity contribution in [3.63, 3.8) is 0 Å². The van der Waals surface area contributed by atoms with Crippen molar-refractivity contribution < 1.29 is 25.3 Å². The Morgan fingerprint density at radius 2 is 1.18 bits per heavy atom. The highest BCUT2D eigenvalue weighted by molar-refractivity contribution is 6.22. The first-order valence-corrected chi connectivity index (χ1v) is 12.7. The number of rotatable bonds is 3. The zero-order chi connectivity index (χ0) is 38.8. The highest BCUT2D eigenvalue weighted by Crippen LogP contribution is 2.53. The molecule has 6 aromatic rings. The summed E-state index contributed by atoms with van der Waals surface area (Å²) < 4.78 is 141. The number of benzene rings is 6. The minimum Gasteiger partial charge on any atom is -0.489 e. The summed E-state index contributed by atoms with van der Waals surface area (Å²) in [6.07, 6.45) is -6.76. The lowest BCUT2D eigenvalue weighted by atomic mass is 9.78. The Morgan fingerprint density at radius 1 is 0.590 bits per heavy atom. The lowest BCUT2D eigenvalue weighted by Crippen LogP contribution is -2.22. The van der Waals surface area contributed by atoms with Gasteiger partial charge >= 0.3 is 0 Å². The maximum atomic E-state index is 9.38. The van der Waals surface area contributed by atoms with Crippen LogP contribution in [0.25, 0.3) is 54.9 Å². The van der Waals surface area contributed by atoms with Crippen LogP contribution in [-0.2, 0) is 0 Å². The van der Waals surface area contributed by atoms with E-state index in [4.69, 9.17) is 18.4 Å². The van der Waals surface area contributed by atoms with E-state index in [9.17, 15) is 6.85 Å². The highest BCUT2D eigenvalue weighted by Gasteiger charge is 2.38. The molecule has 1 aliphatic heterocycles. The minimum absolute atomic E-state index is 0.0349. The van der Waals surface area contributed by atoms with Gasteiger partial charge in [0.05, 0.1) is 15.1 Å². The van der Waals surface area contributed by atoms with E-state index in [-0.39, 0.29) is 49.5 Å². The molecule has 1 aliphatic carbocycles. The lowest BCUT2D eigenvalue weighted by Gasteiger charge is -2.25. The fourth-order valence-electron chi connectivity index (χ4n) is 5.82. The largest absolute Gasteiger partial charge is 0.489 e. The molecule has 0 radical (unpaired) electrons. The number of hydrogen-bond acceptors (Lipinski definition) is 1. The topological polar surface area (TPSA) is 9.23 Å². The first-order chi connectivity index (χ1) is 25.6. The van der Waals surface area contributed by atoms with Crippen LogP contribution in [0.5, 0.6) is 5.75 Å². The minimum atomic E-state index is -1.41. The summed E-state index contributed by atoms with van der Waals surface area (Å²) in [5.41, 5.74) is 1.30. The van der Waals surface area contributed by atoms with E-state index in [0.717, 1.165) is 5.56 Å². The third kappa shape index (κ3) is 3.53. The van der Waals surface area contributed by atoms with Crippen molar-refractivity contribution in [3.05, 3.63) is 127 Å². The van der Waals surface area contributed by atoms with Gasteiger partial charge in [0.2, 0.25) is 0 Å². The third-order valence-electron chi connectivity index (χ3n) is 7.46. The molecule has 0 amide bonds. The van der Waals surface area contributed by atoms with E-state index in [0.29, 0.717) is 11.1 Å². The van der Waals surface area contributed by atoms with Crippen molar-refractivity contribution >= 4 is 21.5 Å². The predicted molar refractivity (Wildman–Crippen MR) is 163 cm³/mol. The summed E-state index contributed by atoms with van der Waals surface area (Å²) in [6, 6.07) is 9.54. The predicted octanol–water partition coefficient (Wildman–Crippen LogP) is 10.4. The summed E-state index contributed by atoms with van der Waals surface area (Å²) in [5, 5.41) is -0.659. The molecule has 1 fully saturated rings. The Kier molecular flexibility index (Phi) is 2.86. The number of fused-ring (bicyclic) bond motifs is 5. The molecular formula is C38H30O. The molecule has 1 heterocycles. The van der Waals surface area contributed by atoms with Crippen molar-refractivity contribution in [3.8, 4) is 39.1 Å². The molecule has 1 heteroatoms. The molecule has 188 valence electrons. The Labute approximate surface area is 250 Å². The first-order valence-electron chi connectivity index (χ1n) is 20.5. The van der Waals surface area contributed by atoms with E-state index >= 15 is 0 Å². The van der Waals surface area contributed by atoms with Gasteiger partial charge in [0.15, 0.2) is 0 Å². The molecule has 0 N–H and O–H groups in total. The summed E-state index contributed by atoms with van der Waals surface area (Å²) in [5.74, 6) is -1.46. The summed E-state index contributed by atoms with van der Waals surface area (Å²) in [7, 11) is 0. The standard InChI is InChI=1S/C38H30O/c1-2-13-25(14-3-1)26-15-4-5-16-27(26)36-28-17-6-8-19-30(28)37(31-20-9-7-18-29(31)36)33-22-12-24-35-38(33)32-21-10-11-23-34(32)39-35/h1-9,12-20,22,24,32,34H,10-11,21,23H2/i6D,7D,8D,9D,10D,11D,12D,17D,18D,19D,20D,21D,22D,23D,24D. The van der Waals surface area contributed by atoms with Gasteiger partial charge in [-0.2, -0.15) is 0 Å². The monoisotopic (exact) mass is 517 g/mol. The van der Waals surface area contributed by atoms with Crippen LogP contribution >= 0.6 is 0 Å². The van der Waals surface area contributed by atoms with Crippen molar-refractivity contribution in [2.24, 2.45) is 0 Å². The molecule has 8 rings (SSSR count). The van der Waals surface area contributed by atoms with E-state index < -0.39 is 104 Å². The smallest absolute Gasteiger partial charge is 0.123 e. The Morgan fingerprint density at radius 3 is 1.87 bits per heavy atom. The second kappa shape index (κ2) is 9.13. The molecule has 1 nitrogen and oxygen atoms in total. The van der Waals surface area contributed by atoms with Crippen LogP contribution in [0, 0.1) is 0 Å². The molecule has 6 aromatic carbocycles. The zero-order valence-electron chi connectivity index (χ0n) is 35.6. The zero-order valence-corrected chi connectivity index (χ0v) is 20.6.